The van der Waals surface area contributed by atoms with E-state index in [1.54, 1.807) is 18.2 Å². The number of amides is 2. The maximum Gasteiger partial charge on any atom is 0.251 e. The molecule has 108 valence electrons. The van der Waals surface area contributed by atoms with E-state index in [4.69, 9.17) is 5.73 Å². The van der Waals surface area contributed by atoms with Crippen molar-refractivity contribution in [1.29, 1.82) is 0 Å². The van der Waals surface area contributed by atoms with E-state index in [9.17, 15) is 9.59 Å². The summed E-state index contributed by atoms with van der Waals surface area (Å²) in [4.78, 5) is 23.2. The van der Waals surface area contributed by atoms with Gasteiger partial charge in [-0.1, -0.05) is 39.0 Å². The fourth-order valence-corrected chi connectivity index (χ4v) is 1.78. The highest BCUT2D eigenvalue weighted by atomic mass is 16.2. The standard InChI is InChI=1S/C16H22N2O2/c1-5-6-13(14(17)19)18-15(20)11-7-9-12(10-8-11)16(2,3)4/h5,7-10,13H,1,6H2,2-4H3,(H2,17,19)(H,18,20)/t13-/m0/s1. The van der Waals surface area contributed by atoms with Crippen molar-refractivity contribution in [2.24, 2.45) is 5.73 Å². The average molecular weight is 274 g/mol. The molecule has 0 aromatic heterocycles. The third-order valence-electron chi connectivity index (χ3n) is 3.06. The van der Waals surface area contributed by atoms with Crippen LogP contribution in [0.15, 0.2) is 36.9 Å². The molecule has 0 fully saturated rings. The van der Waals surface area contributed by atoms with Crippen LogP contribution in [0.3, 0.4) is 0 Å². The van der Waals surface area contributed by atoms with Gasteiger partial charge in [0.05, 0.1) is 0 Å². The van der Waals surface area contributed by atoms with Crippen LogP contribution in [0, 0.1) is 0 Å². The summed E-state index contributed by atoms with van der Waals surface area (Å²) in [5, 5.41) is 2.61. The normalized spacial score (nSPS) is 12.6. The summed E-state index contributed by atoms with van der Waals surface area (Å²) in [6.45, 7) is 9.86. The molecule has 1 atom stereocenters. The first-order valence-corrected chi connectivity index (χ1v) is 6.57. The van der Waals surface area contributed by atoms with Gasteiger partial charge in [-0.05, 0) is 29.5 Å². The van der Waals surface area contributed by atoms with Crippen LogP contribution >= 0.6 is 0 Å². The smallest absolute Gasteiger partial charge is 0.251 e. The molecule has 1 aromatic rings. The molecule has 20 heavy (non-hydrogen) atoms. The van der Waals surface area contributed by atoms with E-state index in [0.717, 1.165) is 5.56 Å². The third kappa shape index (κ3) is 4.23. The Morgan fingerprint density at radius 1 is 1.30 bits per heavy atom. The van der Waals surface area contributed by atoms with Crippen LogP contribution in [0.2, 0.25) is 0 Å². The fourth-order valence-electron chi connectivity index (χ4n) is 1.78. The first-order valence-electron chi connectivity index (χ1n) is 6.57. The predicted octanol–water partition coefficient (Wildman–Crippen LogP) is 2.14. The first-order chi connectivity index (χ1) is 9.25. The van der Waals surface area contributed by atoms with Crippen LogP contribution in [0.5, 0.6) is 0 Å². The Labute approximate surface area is 120 Å². The summed E-state index contributed by atoms with van der Waals surface area (Å²) in [6.07, 6.45) is 1.87. The zero-order chi connectivity index (χ0) is 15.3. The average Bonchev–Trinajstić information content (AvgIpc) is 2.37. The summed E-state index contributed by atoms with van der Waals surface area (Å²) in [6, 6.07) is 6.62. The molecule has 4 heteroatoms. The van der Waals surface area contributed by atoms with Gasteiger partial charge < -0.3 is 11.1 Å². The lowest BCUT2D eigenvalue weighted by atomic mass is 9.86. The van der Waals surface area contributed by atoms with Gasteiger partial charge in [0.2, 0.25) is 5.91 Å². The molecule has 1 aromatic carbocycles. The van der Waals surface area contributed by atoms with E-state index in [2.05, 4.69) is 32.7 Å². The van der Waals surface area contributed by atoms with E-state index in [0.29, 0.717) is 12.0 Å². The highest BCUT2D eigenvalue weighted by molar-refractivity contribution is 5.97. The minimum atomic E-state index is -0.720. The molecule has 1 rings (SSSR count). The molecule has 3 N–H and O–H groups in total. The predicted molar refractivity (Wildman–Crippen MR) is 80.4 cm³/mol. The van der Waals surface area contributed by atoms with Gasteiger partial charge in [-0.25, -0.2) is 0 Å². The number of rotatable bonds is 5. The zero-order valence-electron chi connectivity index (χ0n) is 12.3. The Hall–Kier alpha value is -2.10. The largest absolute Gasteiger partial charge is 0.368 e. The summed E-state index contributed by atoms with van der Waals surface area (Å²) < 4.78 is 0. The topological polar surface area (TPSA) is 72.2 Å². The van der Waals surface area contributed by atoms with Crippen molar-refractivity contribution in [3.05, 3.63) is 48.0 Å². The molecule has 2 amide bonds. The molecular weight excluding hydrogens is 252 g/mol. The van der Waals surface area contributed by atoms with Gasteiger partial charge in [-0.3, -0.25) is 9.59 Å². The molecule has 0 unspecified atom stereocenters. The van der Waals surface area contributed by atoms with Crippen molar-refractivity contribution in [3.63, 3.8) is 0 Å². The second-order valence-corrected chi connectivity index (χ2v) is 5.78. The second-order valence-electron chi connectivity index (χ2n) is 5.78. The Morgan fingerprint density at radius 2 is 1.85 bits per heavy atom. The summed E-state index contributed by atoms with van der Waals surface area (Å²) >= 11 is 0. The number of carbonyl (C=O) groups is 2. The fraction of sp³-hybridized carbons (Fsp3) is 0.375. The molecule has 0 spiro atoms. The van der Waals surface area contributed by atoms with Crippen LogP contribution in [0.25, 0.3) is 0 Å². The van der Waals surface area contributed by atoms with Crippen LogP contribution in [0.4, 0.5) is 0 Å². The Morgan fingerprint density at radius 3 is 2.25 bits per heavy atom. The number of primary amides is 1. The lowest BCUT2D eigenvalue weighted by Crippen LogP contribution is -2.44. The summed E-state index contributed by atoms with van der Waals surface area (Å²) in [5.41, 5.74) is 6.92. The van der Waals surface area contributed by atoms with Crippen molar-refractivity contribution in [3.8, 4) is 0 Å². The number of hydrogen-bond acceptors (Lipinski definition) is 2. The highest BCUT2D eigenvalue weighted by Gasteiger charge is 2.18. The number of carbonyl (C=O) groups excluding carboxylic acids is 2. The monoisotopic (exact) mass is 274 g/mol. The Balaban J connectivity index is 2.82. The summed E-state index contributed by atoms with van der Waals surface area (Å²) in [7, 11) is 0. The minimum Gasteiger partial charge on any atom is -0.368 e. The second kappa shape index (κ2) is 6.37. The minimum absolute atomic E-state index is 0.0353. The Bertz CT molecular complexity index is 498. The highest BCUT2D eigenvalue weighted by Crippen LogP contribution is 2.22. The van der Waals surface area contributed by atoms with Crippen LogP contribution in [-0.4, -0.2) is 17.9 Å². The van der Waals surface area contributed by atoms with Crippen molar-refractivity contribution in [2.45, 2.75) is 38.6 Å². The number of hydrogen-bond donors (Lipinski definition) is 2. The van der Waals surface area contributed by atoms with Crippen molar-refractivity contribution in [1.82, 2.24) is 5.32 Å². The number of nitrogens with two attached hydrogens (primary N) is 1. The van der Waals surface area contributed by atoms with Gasteiger partial charge in [0, 0.05) is 5.56 Å². The first kappa shape index (κ1) is 16.0. The van der Waals surface area contributed by atoms with E-state index < -0.39 is 11.9 Å². The lowest BCUT2D eigenvalue weighted by molar-refractivity contribution is -0.119. The summed E-state index contributed by atoms with van der Waals surface area (Å²) in [5.74, 6) is -0.874. The molecule has 4 nitrogen and oxygen atoms in total. The van der Waals surface area contributed by atoms with Crippen molar-refractivity contribution < 1.29 is 9.59 Å². The van der Waals surface area contributed by atoms with Crippen LogP contribution in [-0.2, 0) is 10.2 Å². The van der Waals surface area contributed by atoms with Crippen molar-refractivity contribution >= 4 is 11.8 Å². The van der Waals surface area contributed by atoms with Gasteiger partial charge in [-0.15, -0.1) is 6.58 Å². The van der Waals surface area contributed by atoms with E-state index in [1.165, 1.54) is 0 Å². The van der Waals surface area contributed by atoms with Crippen LogP contribution < -0.4 is 11.1 Å². The molecular formula is C16H22N2O2. The van der Waals surface area contributed by atoms with Crippen molar-refractivity contribution in [2.75, 3.05) is 0 Å². The Kier molecular flexibility index (Phi) is 5.08. The quantitative estimate of drug-likeness (QED) is 0.807. The molecule has 0 bridgehead atoms. The van der Waals surface area contributed by atoms with E-state index in [-0.39, 0.29) is 11.3 Å². The third-order valence-corrected chi connectivity index (χ3v) is 3.06. The molecule has 0 saturated heterocycles. The van der Waals surface area contributed by atoms with E-state index >= 15 is 0 Å². The van der Waals surface area contributed by atoms with Gasteiger partial charge in [0.15, 0.2) is 0 Å². The SMILES string of the molecule is C=CC[C@H](NC(=O)c1ccc(C(C)(C)C)cc1)C(N)=O. The molecule has 0 heterocycles. The maximum absolute atomic E-state index is 12.0. The molecule has 0 saturated carbocycles. The van der Waals surface area contributed by atoms with Gasteiger partial charge >= 0.3 is 0 Å². The molecule has 0 aliphatic heterocycles. The molecule has 0 aliphatic rings. The van der Waals surface area contributed by atoms with E-state index in [1.807, 2.05) is 12.1 Å². The lowest BCUT2D eigenvalue weighted by Gasteiger charge is -2.19. The maximum atomic E-state index is 12.0. The van der Waals surface area contributed by atoms with Gasteiger partial charge in [0.25, 0.3) is 5.91 Å². The van der Waals surface area contributed by atoms with Crippen LogP contribution in [0.1, 0.15) is 43.1 Å². The molecule has 0 aliphatic carbocycles. The molecule has 0 radical (unpaired) electrons. The van der Waals surface area contributed by atoms with Gasteiger partial charge in [-0.2, -0.15) is 0 Å². The number of nitrogens with one attached hydrogen (secondary N) is 1. The number of benzene rings is 1. The van der Waals surface area contributed by atoms with Gasteiger partial charge in [0.1, 0.15) is 6.04 Å². The zero-order valence-corrected chi connectivity index (χ0v) is 12.3.